The van der Waals surface area contributed by atoms with Crippen molar-refractivity contribution in [1.82, 2.24) is 4.57 Å². The second-order valence-electron chi connectivity index (χ2n) is 7.86. The van der Waals surface area contributed by atoms with E-state index >= 15 is 0 Å². The van der Waals surface area contributed by atoms with E-state index in [1.165, 1.54) is 19.2 Å². The highest BCUT2D eigenvalue weighted by atomic mass is 16.6. The van der Waals surface area contributed by atoms with Crippen LogP contribution in [-0.4, -0.2) is 28.6 Å². The Morgan fingerprint density at radius 1 is 1.12 bits per heavy atom. The fraction of sp³-hybridized carbons (Fsp3) is 0.280. The van der Waals surface area contributed by atoms with Crippen LogP contribution in [0.25, 0.3) is 0 Å². The van der Waals surface area contributed by atoms with Crippen LogP contribution in [0.5, 0.6) is 0 Å². The predicted octanol–water partition coefficient (Wildman–Crippen LogP) is 5.36. The third-order valence-corrected chi connectivity index (χ3v) is 5.25. The van der Waals surface area contributed by atoms with Crippen molar-refractivity contribution in [3.8, 4) is 0 Å². The molecule has 2 aromatic carbocycles. The number of carbonyl (C=O) groups excluding carboxylic acids is 1. The number of non-ortho nitro benzene ring substituents is 1. The molecular weight excluding hydrogens is 406 g/mol. The summed E-state index contributed by atoms with van der Waals surface area (Å²) >= 11 is 0. The maximum Gasteiger partial charge on any atom is 0.269 e. The van der Waals surface area contributed by atoms with Gasteiger partial charge in [0.2, 0.25) is 0 Å². The number of nitro groups is 1. The van der Waals surface area contributed by atoms with Crippen molar-refractivity contribution in [2.45, 2.75) is 39.2 Å². The molecule has 0 saturated heterocycles. The molecule has 0 unspecified atom stereocenters. The zero-order valence-electron chi connectivity index (χ0n) is 18.5. The van der Waals surface area contributed by atoms with Gasteiger partial charge >= 0.3 is 0 Å². The lowest BCUT2D eigenvalue weighted by Gasteiger charge is -2.16. The van der Waals surface area contributed by atoms with Crippen molar-refractivity contribution < 1.29 is 14.6 Å². The summed E-state index contributed by atoms with van der Waals surface area (Å²) in [6.45, 7) is 4.73. The highest BCUT2D eigenvalue weighted by Gasteiger charge is 2.22. The number of nitrogens with zero attached hydrogens (tertiary/aromatic N) is 3. The number of nitro benzene ring substituents is 1. The second kappa shape index (κ2) is 10.5. The van der Waals surface area contributed by atoms with E-state index in [0.717, 1.165) is 22.5 Å². The van der Waals surface area contributed by atoms with Crippen LogP contribution in [0.1, 0.15) is 59.1 Å². The number of oxime groups is 1. The number of aromatic nitrogens is 1. The number of Topliss-reactive ketones (excluding diaryl/α,β-unsaturated/α-hetero) is 1. The largest absolute Gasteiger partial charge is 0.399 e. The standard InChI is InChI=1S/C25H27N3O4/c1-18(2)25-23(24(29)13-12-19-10-7-11-21(14-19)28(30)31)15-22(16-26-32-3)27(25)17-20-8-5-4-6-9-20/h4-11,14-16,18H,12-13,17H2,1-3H3. The molecule has 0 bridgehead atoms. The first-order chi connectivity index (χ1) is 15.4. The van der Waals surface area contributed by atoms with Gasteiger partial charge in [0.15, 0.2) is 5.78 Å². The summed E-state index contributed by atoms with van der Waals surface area (Å²) < 4.78 is 2.10. The summed E-state index contributed by atoms with van der Waals surface area (Å²) in [6.07, 6.45) is 2.31. The molecule has 0 saturated carbocycles. The number of ketones is 1. The summed E-state index contributed by atoms with van der Waals surface area (Å²) in [5.74, 6) is 0.110. The van der Waals surface area contributed by atoms with Crippen LogP contribution < -0.4 is 0 Å². The molecule has 0 aliphatic heterocycles. The van der Waals surface area contributed by atoms with Crippen LogP contribution in [0.3, 0.4) is 0 Å². The Balaban J connectivity index is 1.92. The van der Waals surface area contributed by atoms with E-state index in [1.54, 1.807) is 18.3 Å². The highest BCUT2D eigenvalue weighted by molar-refractivity contribution is 5.99. The predicted molar refractivity (Wildman–Crippen MR) is 124 cm³/mol. The minimum atomic E-state index is -0.423. The van der Waals surface area contributed by atoms with Gasteiger partial charge in [-0.1, -0.05) is 61.5 Å². The summed E-state index contributed by atoms with van der Waals surface area (Å²) in [5, 5.41) is 14.9. The molecule has 3 aromatic rings. The van der Waals surface area contributed by atoms with Crippen molar-refractivity contribution in [1.29, 1.82) is 0 Å². The maximum atomic E-state index is 13.2. The van der Waals surface area contributed by atoms with E-state index in [0.29, 0.717) is 18.5 Å². The van der Waals surface area contributed by atoms with Crippen LogP contribution in [0.2, 0.25) is 0 Å². The van der Waals surface area contributed by atoms with Gasteiger partial charge in [0.25, 0.3) is 5.69 Å². The van der Waals surface area contributed by atoms with Gasteiger partial charge < -0.3 is 9.40 Å². The van der Waals surface area contributed by atoms with E-state index in [9.17, 15) is 14.9 Å². The molecule has 1 heterocycles. The number of aryl methyl sites for hydroxylation is 1. The van der Waals surface area contributed by atoms with Gasteiger partial charge in [-0.05, 0) is 29.5 Å². The summed E-state index contributed by atoms with van der Waals surface area (Å²) in [6, 6.07) is 18.3. The van der Waals surface area contributed by atoms with Crippen molar-refractivity contribution in [3.05, 3.63) is 98.9 Å². The Kier molecular flexibility index (Phi) is 7.54. The molecule has 0 amide bonds. The van der Waals surface area contributed by atoms with Crippen molar-refractivity contribution >= 4 is 17.7 Å². The van der Waals surface area contributed by atoms with Crippen molar-refractivity contribution in [2.24, 2.45) is 5.16 Å². The molecule has 166 valence electrons. The van der Waals surface area contributed by atoms with E-state index in [2.05, 4.69) is 23.6 Å². The number of hydrogen-bond donors (Lipinski definition) is 0. The molecule has 32 heavy (non-hydrogen) atoms. The van der Waals surface area contributed by atoms with Gasteiger partial charge in [-0.25, -0.2) is 0 Å². The van der Waals surface area contributed by atoms with Crippen LogP contribution in [0, 0.1) is 10.1 Å². The lowest BCUT2D eigenvalue weighted by Crippen LogP contribution is -2.12. The summed E-state index contributed by atoms with van der Waals surface area (Å²) in [5.41, 5.74) is 4.30. The second-order valence-corrected chi connectivity index (χ2v) is 7.86. The van der Waals surface area contributed by atoms with Gasteiger partial charge in [-0.2, -0.15) is 0 Å². The molecule has 0 aliphatic carbocycles. The SMILES string of the molecule is CON=Cc1cc(C(=O)CCc2cccc([N+](=O)[O-])c2)c(C(C)C)n1Cc1ccccc1. The fourth-order valence-electron chi connectivity index (χ4n) is 3.80. The summed E-state index contributed by atoms with van der Waals surface area (Å²) in [4.78, 5) is 28.7. The Morgan fingerprint density at radius 2 is 1.84 bits per heavy atom. The van der Waals surface area contributed by atoms with E-state index in [1.807, 2.05) is 36.4 Å². The maximum absolute atomic E-state index is 13.2. The first kappa shape index (κ1) is 22.9. The topological polar surface area (TPSA) is 86.7 Å². The smallest absolute Gasteiger partial charge is 0.269 e. The minimum Gasteiger partial charge on any atom is -0.399 e. The van der Waals surface area contributed by atoms with Gasteiger partial charge in [0, 0.05) is 36.4 Å². The number of benzene rings is 2. The Bertz CT molecular complexity index is 1120. The fourth-order valence-corrected chi connectivity index (χ4v) is 3.80. The van der Waals surface area contributed by atoms with Gasteiger partial charge in [0.05, 0.1) is 16.8 Å². The minimum absolute atomic E-state index is 0.000848. The number of rotatable bonds is 10. The molecule has 7 nitrogen and oxygen atoms in total. The van der Waals surface area contributed by atoms with Gasteiger partial charge in [0.1, 0.15) is 7.11 Å². The third-order valence-electron chi connectivity index (χ3n) is 5.25. The van der Waals surface area contributed by atoms with E-state index in [-0.39, 0.29) is 23.8 Å². The number of carbonyl (C=O) groups is 1. The first-order valence-corrected chi connectivity index (χ1v) is 10.5. The average Bonchev–Trinajstić information content (AvgIpc) is 3.15. The Labute approximate surface area is 187 Å². The van der Waals surface area contributed by atoms with E-state index in [4.69, 9.17) is 4.84 Å². The molecule has 1 aromatic heterocycles. The highest BCUT2D eigenvalue weighted by Crippen LogP contribution is 2.27. The zero-order valence-corrected chi connectivity index (χ0v) is 18.5. The Hall–Kier alpha value is -3.74. The zero-order chi connectivity index (χ0) is 23.1. The molecule has 0 fully saturated rings. The van der Waals surface area contributed by atoms with Crippen molar-refractivity contribution in [2.75, 3.05) is 7.11 Å². The van der Waals surface area contributed by atoms with Crippen LogP contribution in [0.15, 0.2) is 65.8 Å². The van der Waals surface area contributed by atoms with Crippen LogP contribution >= 0.6 is 0 Å². The lowest BCUT2D eigenvalue weighted by molar-refractivity contribution is -0.384. The van der Waals surface area contributed by atoms with Crippen molar-refractivity contribution in [3.63, 3.8) is 0 Å². The molecule has 0 radical (unpaired) electrons. The third kappa shape index (κ3) is 5.49. The molecule has 0 N–H and O–H groups in total. The quantitative estimate of drug-likeness (QED) is 0.186. The summed E-state index contributed by atoms with van der Waals surface area (Å²) in [7, 11) is 1.48. The Morgan fingerprint density at radius 3 is 2.50 bits per heavy atom. The van der Waals surface area contributed by atoms with Gasteiger partial charge in [-0.3, -0.25) is 14.9 Å². The van der Waals surface area contributed by atoms with Crippen LogP contribution in [-0.2, 0) is 17.8 Å². The van der Waals surface area contributed by atoms with E-state index < -0.39 is 4.92 Å². The number of hydrogen-bond acceptors (Lipinski definition) is 5. The average molecular weight is 434 g/mol. The molecule has 0 atom stereocenters. The molecule has 3 rings (SSSR count). The monoisotopic (exact) mass is 433 g/mol. The van der Waals surface area contributed by atoms with Gasteiger partial charge in [-0.15, -0.1) is 0 Å². The molecular formula is C25H27N3O4. The normalized spacial score (nSPS) is 11.2. The molecule has 0 aliphatic rings. The van der Waals surface area contributed by atoms with Crippen LogP contribution in [0.4, 0.5) is 5.69 Å². The molecule has 7 heteroatoms. The first-order valence-electron chi connectivity index (χ1n) is 10.5. The lowest BCUT2D eigenvalue weighted by atomic mass is 9.98. The molecule has 0 spiro atoms.